The van der Waals surface area contributed by atoms with Crippen LogP contribution in [-0.2, 0) is 4.74 Å². The van der Waals surface area contributed by atoms with Gasteiger partial charge in [0.1, 0.15) is 5.84 Å². The Balaban J connectivity index is 4.07. The topological polar surface area (TPSA) is 88.2 Å². The molecule has 1 unspecified atom stereocenters. The van der Waals surface area contributed by atoms with Gasteiger partial charge >= 0.3 is 6.09 Å². The quantitative estimate of drug-likeness (QED) is 0.477. The number of carbonyl (C=O) groups is 1. The van der Waals surface area contributed by atoms with Crippen molar-refractivity contribution in [2.75, 3.05) is 6.61 Å². The van der Waals surface area contributed by atoms with Gasteiger partial charge in [-0.3, -0.25) is 5.41 Å². The second kappa shape index (κ2) is 6.27. The van der Waals surface area contributed by atoms with E-state index in [1.165, 1.54) is 0 Å². The van der Waals surface area contributed by atoms with E-state index in [9.17, 15) is 4.79 Å². The van der Waals surface area contributed by atoms with Crippen molar-refractivity contribution in [2.45, 2.75) is 33.7 Å². The predicted molar refractivity (Wildman–Crippen MR) is 59.9 cm³/mol. The molecule has 0 aliphatic rings. The molecule has 0 spiro atoms. The molecule has 1 atom stereocenters. The van der Waals surface area contributed by atoms with E-state index >= 15 is 0 Å². The number of alkyl carbamates (subject to hydrolysis) is 1. The Morgan fingerprint density at radius 3 is 2.27 bits per heavy atom. The lowest BCUT2D eigenvalue weighted by Crippen LogP contribution is -2.47. The lowest BCUT2D eigenvalue weighted by atomic mass is 10.0. The SMILES string of the molecule is CC(C)COC(=O)NC(C(=N)N)C(C)C. The fourth-order valence-electron chi connectivity index (χ4n) is 1.01. The van der Waals surface area contributed by atoms with Gasteiger partial charge in [0.15, 0.2) is 0 Å². The molecular formula is C10H21N3O2. The van der Waals surface area contributed by atoms with Crippen LogP contribution in [0.4, 0.5) is 4.79 Å². The average molecular weight is 215 g/mol. The summed E-state index contributed by atoms with van der Waals surface area (Å²) in [5, 5.41) is 9.86. The number of amides is 1. The third kappa shape index (κ3) is 5.93. The molecule has 88 valence electrons. The molecule has 0 aliphatic heterocycles. The highest BCUT2D eigenvalue weighted by Gasteiger charge is 2.19. The minimum atomic E-state index is -0.516. The van der Waals surface area contributed by atoms with Crippen LogP contribution in [0.2, 0.25) is 0 Å². The molecule has 1 amide bonds. The summed E-state index contributed by atoms with van der Waals surface area (Å²) in [6, 6.07) is -0.454. The highest BCUT2D eigenvalue weighted by atomic mass is 16.5. The molecule has 0 aliphatic carbocycles. The second-order valence-corrected chi connectivity index (χ2v) is 4.31. The number of ether oxygens (including phenoxy) is 1. The lowest BCUT2D eigenvalue weighted by Gasteiger charge is -2.20. The molecule has 5 nitrogen and oxygen atoms in total. The molecule has 4 N–H and O–H groups in total. The maximum atomic E-state index is 11.3. The standard InChI is InChI=1S/C10H21N3O2/c1-6(2)5-15-10(14)13-8(7(3)4)9(11)12/h6-8H,5H2,1-4H3,(H3,11,12)(H,13,14). The zero-order chi connectivity index (χ0) is 12.0. The Morgan fingerprint density at radius 1 is 1.40 bits per heavy atom. The zero-order valence-electron chi connectivity index (χ0n) is 9.83. The fraction of sp³-hybridized carbons (Fsp3) is 0.800. The molecule has 0 radical (unpaired) electrons. The van der Waals surface area contributed by atoms with Crippen molar-refractivity contribution >= 4 is 11.9 Å². The van der Waals surface area contributed by atoms with Crippen molar-refractivity contribution < 1.29 is 9.53 Å². The molecule has 5 heteroatoms. The minimum Gasteiger partial charge on any atom is -0.449 e. The normalized spacial score (nSPS) is 12.7. The summed E-state index contributed by atoms with van der Waals surface area (Å²) in [5.74, 6) is 0.325. The molecule has 0 aromatic rings. The first-order valence-corrected chi connectivity index (χ1v) is 5.11. The van der Waals surface area contributed by atoms with Gasteiger partial charge in [0.05, 0.1) is 12.6 Å². The molecular weight excluding hydrogens is 194 g/mol. The van der Waals surface area contributed by atoms with Crippen LogP contribution in [0.25, 0.3) is 0 Å². The van der Waals surface area contributed by atoms with Crippen LogP contribution in [0.1, 0.15) is 27.7 Å². The molecule has 0 saturated heterocycles. The van der Waals surface area contributed by atoms with Gasteiger partial charge < -0.3 is 15.8 Å². The molecule has 0 rings (SSSR count). The molecule has 0 saturated carbocycles. The first-order chi connectivity index (χ1) is 6.84. The zero-order valence-corrected chi connectivity index (χ0v) is 9.83. The Labute approximate surface area is 90.9 Å². The third-order valence-electron chi connectivity index (χ3n) is 1.82. The molecule has 0 heterocycles. The lowest BCUT2D eigenvalue weighted by molar-refractivity contribution is 0.129. The number of nitrogens with one attached hydrogen (secondary N) is 2. The van der Waals surface area contributed by atoms with E-state index < -0.39 is 12.1 Å². The summed E-state index contributed by atoms with van der Waals surface area (Å²) in [7, 11) is 0. The van der Waals surface area contributed by atoms with Crippen LogP contribution in [0.15, 0.2) is 0 Å². The van der Waals surface area contributed by atoms with E-state index in [0.717, 1.165) is 0 Å². The summed E-state index contributed by atoms with van der Waals surface area (Å²) < 4.78 is 4.93. The highest BCUT2D eigenvalue weighted by molar-refractivity contribution is 5.86. The van der Waals surface area contributed by atoms with Crippen molar-refractivity contribution in [3.05, 3.63) is 0 Å². The van der Waals surface area contributed by atoms with Gasteiger partial charge in [0, 0.05) is 0 Å². The first kappa shape index (κ1) is 13.7. The van der Waals surface area contributed by atoms with Crippen LogP contribution < -0.4 is 11.1 Å². The van der Waals surface area contributed by atoms with E-state index in [1.54, 1.807) is 0 Å². The van der Waals surface area contributed by atoms with Crippen LogP contribution in [0, 0.1) is 17.2 Å². The van der Waals surface area contributed by atoms with Crippen molar-refractivity contribution in [1.82, 2.24) is 5.32 Å². The number of carbonyl (C=O) groups excluding carboxylic acids is 1. The van der Waals surface area contributed by atoms with Gasteiger partial charge in [0.2, 0.25) is 0 Å². The second-order valence-electron chi connectivity index (χ2n) is 4.31. The van der Waals surface area contributed by atoms with Gasteiger partial charge in [-0.05, 0) is 11.8 Å². The maximum Gasteiger partial charge on any atom is 0.407 e. The number of hydrogen-bond acceptors (Lipinski definition) is 3. The van der Waals surface area contributed by atoms with Crippen molar-refractivity contribution in [1.29, 1.82) is 5.41 Å². The number of rotatable bonds is 5. The highest BCUT2D eigenvalue weighted by Crippen LogP contribution is 2.01. The summed E-state index contributed by atoms with van der Waals surface area (Å²) in [6.07, 6.45) is -0.516. The Bertz CT molecular complexity index is 227. The summed E-state index contributed by atoms with van der Waals surface area (Å²) in [6.45, 7) is 8.05. The summed E-state index contributed by atoms with van der Waals surface area (Å²) >= 11 is 0. The molecule has 0 aromatic heterocycles. The van der Waals surface area contributed by atoms with E-state index in [-0.39, 0.29) is 11.8 Å². The molecule has 15 heavy (non-hydrogen) atoms. The number of hydrogen-bond donors (Lipinski definition) is 3. The van der Waals surface area contributed by atoms with E-state index in [1.807, 2.05) is 27.7 Å². The Morgan fingerprint density at radius 2 is 1.93 bits per heavy atom. The van der Waals surface area contributed by atoms with Crippen LogP contribution >= 0.6 is 0 Å². The third-order valence-corrected chi connectivity index (χ3v) is 1.82. The van der Waals surface area contributed by atoms with Gasteiger partial charge in [-0.25, -0.2) is 4.79 Å². The predicted octanol–water partition coefficient (Wildman–Crippen LogP) is 1.33. The smallest absolute Gasteiger partial charge is 0.407 e. The van der Waals surface area contributed by atoms with Crippen molar-refractivity contribution in [3.63, 3.8) is 0 Å². The monoisotopic (exact) mass is 215 g/mol. The largest absolute Gasteiger partial charge is 0.449 e. The Hall–Kier alpha value is -1.26. The molecule has 0 fully saturated rings. The number of nitrogens with two attached hydrogens (primary N) is 1. The van der Waals surface area contributed by atoms with Crippen LogP contribution in [0.3, 0.4) is 0 Å². The summed E-state index contributed by atoms with van der Waals surface area (Å²) in [5.41, 5.74) is 5.35. The van der Waals surface area contributed by atoms with Gasteiger partial charge in [0.25, 0.3) is 0 Å². The van der Waals surface area contributed by atoms with E-state index in [2.05, 4.69) is 5.32 Å². The minimum absolute atomic E-state index is 0.0495. The van der Waals surface area contributed by atoms with Crippen LogP contribution in [0.5, 0.6) is 0 Å². The maximum absolute atomic E-state index is 11.3. The van der Waals surface area contributed by atoms with Crippen molar-refractivity contribution in [2.24, 2.45) is 17.6 Å². The average Bonchev–Trinajstić information content (AvgIpc) is 2.09. The van der Waals surface area contributed by atoms with Gasteiger partial charge in [-0.15, -0.1) is 0 Å². The van der Waals surface area contributed by atoms with E-state index in [0.29, 0.717) is 12.5 Å². The number of amidine groups is 1. The summed E-state index contributed by atoms with van der Waals surface area (Å²) in [4.78, 5) is 11.3. The Kier molecular flexibility index (Phi) is 5.74. The molecule has 0 aromatic carbocycles. The fourth-order valence-corrected chi connectivity index (χ4v) is 1.01. The van der Waals surface area contributed by atoms with E-state index in [4.69, 9.17) is 15.9 Å². The molecule has 0 bridgehead atoms. The van der Waals surface area contributed by atoms with Gasteiger partial charge in [-0.2, -0.15) is 0 Å². The van der Waals surface area contributed by atoms with Crippen molar-refractivity contribution in [3.8, 4) is 0 Å². The van der Waals surface area contributed by atoms with Crippen LogP contribution in [-0.4, -0.2) is 24.6 Å². The first-order valence-electron chi connectivity index (χ1n) is 5.11. The van der Waals surface area contributed by atoms with Gasteiger partial charge in [-0.1, -0.05) is 27.7 Å².